The van der Waals surface area contributed by atoms with E-state index in [2.05, 4.69) is 10.3 Å². The predicted octanol–water partition coefficient (Wildman–Crippen LogP) is 2.07. The number of amides is 2. The molecule has 2 amide bonds. The Morgan fingerprint density at radius 1 is 1.33 bits per heavy atom. The molecular weight excluding hydrogens is 361 g/mol. The number of rotatable bonds is 6. The number of alkyl halides is 3. The van der Waals surface area contributed by atoms with Crippen molar-refractivity contribution >= 4 is 11.8 Å². The van der Waals surface area contributed by atoms with Gasteiger partial charge in [0.05, 0.1) is 17.8 Å². The zero-order chi connectivity index (χ0) is 19.4. The van der Waals surface area contributed by atoms with E-state index in [1.807, 2.05) is 4.57 Å². The van der Waals surface area contributed by atoms with Crippen molar-refractivity contribution in [2.24, 2.45) is 5.92 Å². The molecule has 0 radical (unpaired) electrons. The Hall–Kier alpha value is -2.84. The third kappa shape index (κ3) is 4.87. The minimum absolute atomic E-state index is 0.0571. The van der Waals surface area contributed by atoms with Gasteiger partial charge in [0.2, 0.25) is 11.8 Å². The van der Waals surface area contributed by atoms with E-state index >= 15 is 0 Å². The molecule has 1 aliphatic heterocycles. The summed E-state index contributed by atoms with van der Waals surface area (Å²) in [5, 5.41) is 2.78. The average Bonchev–Trinajstić information content (AvgIpc) is 3.25. The lowest BCUT2D eigenvalue weighted by molar-refractivity contribution is -0.137. The van der Waals surface area contributed by atoms with Crippen LogP contribution in [0.3, 0.4) is 0 Å². The first-order chi connectivity index (χ1) is 12.8. The monoisotopic (exact) mass is 380 g/mol. The molecule has 1 atom stereocenters. The Labute approximate surface area is 154 Å². The molecular formula is C18H19F3N4O2. The molecule has 2 aromatic rings. The topological polar surface area (TPSA) is 67.2 Å². The van der Waals surface area contributed by atoms with Crippen LogP contribution in [0, 0.1) is 5.92 Å². The summed E-state index contributed by atoms with van der Waals surface area (Å²) in [4.78, 5) is 29.7. The van der Waals surface area contributed by atoms with E-state index in [-0.39, 0.29) is 31.3 Å². The van der Waals surface area contributed by atoms with Gasteiger partial charge in [0.25, 0.3) is 0 Å². The van der Waals surface area contributed by atoms with Crippen molar-refractivity contribution in [3.63, 3.8) is 0 Å². The van der Waals surface area contributed by atoms with Crippen molar-refractivity contribution < 1.29 is 22.8 Å². The van der Waals surface area contributed by atoms with Crippen molar-refractivity contribution in [1.82, 2.24) is 19.8 Å². The van der Waals surface area contributed by atoms with Crippen molar-refractivity contribution in [1.29, 1.82) is 0 Å². The maximum absolute atomic E-state index is 12.8. The molecule has 0 aliphatic carbocycles. The van der Waals surface area contributed by atoms with Gasteiger partial charge < -0.3 is 14.8 Å². The number of hydrogen-bond donors (Lipinski definition) is 1. The van der Waals surface area contributed by atoms with Crippen LogP contribution < -0.4 is 5.32 Å². The fraction of sp³-hybridized carbons (Fsp3) is 0.389. The zero-order valence-electron chi connectivity index (χ0n) is 14.4. The lowest BCUT2D eigenvalue weighted by Gasteiger charge is -2.17. The predicted molar refractivity (Wildman–Crippen MR) is 90.2 cm³/mol. The highest BCUT2D eigenvalue weighted by Gasteiger charge is 2.35. The smallest absolute Gasteiger partial charge is 0.354 e. The van der Waals surface area contributed by atoms with Crippen LogP contribution in [0.4, 0.5) is 13.2 Å². The molecule has 6 nitrogen and oxygen atoms in total. The Morgan fingerprint density at radius 2 is 2.15 bits per heavy atom. The van der Waals surface area contributed by atoms with Gasteiger partial charge in [-0.3, -0.25) is 9.59 Å². The van der Waals surface area contributed by atoms with Crippen LogP contribution in [0.1, 0.15) is 17.5 Å². The van der Waals surface area contributed by atoms with Crippen LogP contribution in [-0.2, 0) is 28.9 Å². The fourth-order valence-corrected chi connectivity index (χ4v) is 3.04. The highest BCUT2D eigenvalue weighted by molar-refractivity contribution is 5.89. The molecule has 0 saturated carbocycles. The summed E-state index contributed by atoms with van der Waals surface area (Å²) < 4.78 is 40.2. The van der Waals surface area contributed by atoms with Crippen LogP contribution in [0.5, 0.6) is 0 Å². The van der Waals surface area contributed by atoms with Crippen LogP contribution in [-0.4, -0.2) is 39.4 Å². The van der Waals surface area contributed by atoms with E-state index in [0.29, 0.717) is 18.7 Å². The van der Waals surface area contributed by atoms with E-state index in [9.17, 15) is 22.8 Å². The van der Waals surface area contributed by atoms with Crippen LogP contribution in [0.15, 0.2) is 43.0 Å². The zero-order valence-corrected chi connectivity index (χ0v) is 14.4. The summed E-state index contributed by atoms with van der Waals surface area (Å²) in [6.07, 6.45) is 0.700. The number of aromatic nitrogens is 2. The Kier molecular flexibility index (Phi) is 5.48. The second kappa shape index (κ2) is 7.81. The largest absolute Gasteiger partial charge is 0.416 e. The van der Waals surface area contributed by atoms with Gasteiger partial charge in [0.1, 0.15) is 0 Å². The van der Waals surface area contributed by atoms with Crippen molar-refractivity contribution in [2.45, 2.75) is 25.7 Å². The quantitative estimate of drug-likeness (QED) is 0.834. The van der Waals surface area contributed by atoms with Gasteiger partial charge in [-0.2, -0.15) is 13.2 Å². The highest BCUT2D eigenvalue weighted by atomic mass is 19.4. The molecule has 1 fully saturated rings. The van der Waals surface area contributed by atoms with Crippen LogP contribution in [0.25, 0.3) is 0 Å². The van der Waals surface area contributed by atoms with Gasteiger partial charge >= 0.3 is 6.18 Å². The SMILES string of the molecule is O=C(NCCn1ccnc1)[C@@H]1CC(=O)N(Cc2cccc(C(F)(F)F)c2)C1. The van der Waals surface area contributed by atoms with Crippen LogP contribution in [0.2, 0.25) is 0 Å². The van der Waals surface area contributed by atoms with E-state index in [1.54, 1.807) is 24.8 Å². The number of carbonyl (C=O) groups is 2. The molecule has 2 heterocycles. The molecule has 0 bridgehead atoms. The van der Waals surface area contributed by atoms with Gasteiger partial charge in [0, 0.05) is 45.0 Å². The summed E-state index contributed by atoms with van der Waals surface area (Å²) in [5.41, 5.74) is -0.361. The van der Waals surface area contributed by atoms with E-state index in [0.717, 1.165) is 12.1 Å². The van der Waals surface area contributed by atoms with Crippen molar-refractivity contribution in [3.8, 4) is 0 Å². The molecule has 1 aliphatic rings. The van der Waals surface area contributed by atoms with E-state index in [4.69, 9.17) is 0 Å². The molecule has 1 aromatic carbocycles. The molecule has 0 spiro atoms. The third-order valence-electron chi connectivity index (χ3n) is 4.44. The lowest BCUT2D eigenvalue weighted by Crippen LogP contribution is -2.34. The van der Waals surface area contributed by atoms with Gasteiger partial charge in [-0.15, -0.1) is 0 Å². The molecule has 27 heavy (non-hydrogen) atoms. The van der Waals surface area contributed by atoms with E-state index in [1.165, 1.54) is 11.0 Å². The Bertz CT molecular complexity index is 805. The molecule has 144 valence electrons. The van der Waals surface area contributed by atoms with Gasteiger partial charge in [0.15, 0.2) is 0 Å². The normalized spacial score (nSPS) is 17.4. The third-order valence-corrected chi connectivity index (χ3v) is 4.44. The molecule has 1 aromatic heterocycles. The van der Waals surface area contributed by atoms with E-state index < -0.39 is 17.7 Å². The van der Waals surface area contributed by atoms with Gasteiger partial charge in [-0.25, -0.2) is 4.98 Å². The molecule has 9 heteroatoms. The number of hydrogen-bond acceptors (Lipinski definition) is 3. The summed E-state index contributed by atoms with van der Waals surface area (Å²) in [7, 11) is 0. The standard InChI is InChI=1S/C18H19F3N4O2/c19-18(20,21)15-3-1-2-13(8-15)10-25-11-14(9-16(25)26)17(27)23-5-7-24-6-4-22-12-24/h1-4,6,8,12,14H,5,7,9-11H2,(H,23,27)/t14-/m1/s1. The number of nitrogens with one attached hydrogen (secondary N) is 1. The fourth-order valence-electron chi connectivity index (χ4n) is 3.04. The second-order valence-electron chi connectivity index (χ2n) is 6.46. The number of carbonyl (C=O) groups excluding carboxylic acids is 2. The summed E-state index contributed by atoms with van der Waals surface area (Å²) >= 11 is 0. The first kappa shape index (κ1) is 18.9. The summed E-state index contributed by atoms with van der Waals surface area (Å²) in [5.74, 6) is -0.955. The number of nitrogens with zero attached hydrogens (tertiary/aromatic N) is 3. The number of imidazole rings is 1. The maximum Gasteiger partial charge on any atom is 0.416 e. The van der Waals surface area contributed by atoms with Crippen molar-refractivity contribution in [3.05, 3.63) is 54.1 Å². The minimum atomic E-state index is -4.43. The second-order valence-corrected chi connectivity index (χ2v) is 6.46. The molecule has 0 unspecified atom stereocenters. The maximum atomic E-state index is 12.8. The first-order valence-electron chi connectivity index (χ1n) is 8.50. The highest BCUT2D eigenvalue weighted by Crippen LogP contribution is 2.30. The van der Waals surface area contributed by atoms with Crippen molar-refractivity contribution in [2.75, 3.05) is 13.1 Å². The molecule has 3 rings (SSSR count). The first-order valence-corrected chi connectivity index (χ1v) is 8.50. The molecule has 1 saturated heterocycles. The lowest BCUT2D eigenvalue weighted by atomic mass is 10.1. The Balaban J connectivity index is 1.53. The number of halogens is 3. The number of benzene rings is 1. The molecule has 1 N–H and O–H groups in total. The van der Waals surface area contributed by atoms with Gasteiger partial charge in [-0.05, 0) is 17.7 Å². The van der Waals surface area contributed by atoms with Crippen LogP contribution >= 0.6 is 0 Å². The summed E-state index contributed by atoms with van der Waals surface area (Å²) in [6, 6.07) is 4.89. The Morgan fingerprint density at radius 3 is 2.85 bits per heavy atom. The summed E-state index contributed by atoms with van der Waals surface area (Å²) in [6.45, 7) is 1.24. The minimum Gasteiger partial charge on any atom is -0.354 e. The van der Waals surface area contributed by atoms with Gasteiger partial charge in [-0.1, -0.05) is 12.1 Å². The average molecular weight is 380 g/mol. The number of likely N-dealkylation sites (tertiary alicyclic amines) is 1.